The van der Waals surface area contributed by atoms with Crippen LogP contribution < -0.4 is 5.32 Å². The van der Waals surface area contributed by atoms with Crippen LogP contribution in [0.3, 0.4) is 0 Å². The van der Waals surface area contributed by atoms with Gasteiger partial charge in [0.15, 0.2) is 0 Å². The molecular formula is C13H13BrClNO. The molecule has 0 aliphatic carbocycles. The zero-order valence-electron chi connectivity index (χ0n) is 9.47. The van der Waals surface area contributed by atoms with Gasteiger partial charge in [-0.3, -0.25) is 0 Å². The number of furan rings is 1. The zero-order chi connectivity index (χ0) is 12.3. The van der Waals surface area contributed by atoms with Crippen molar-refractivity contribution in [2.24, 2.45) is 0 Å². The summed E-state index contributed by atoms with van der Waals surface area (Å²) >= 11 is 9.37. The van der Waals surface area contributed by atoms with Crippen LogP contribution in [0.1, 0.15) is 18.4 Å². The Labute approximate surface area is 114 Å². The lowest BCUT2D eigenvalue weighted by molar-refractivity contribution is 0.476. The van der Waals surface area contributed by atoms with Crippen LogP contribution in [0.15, 0.2) is 39.2 Å². The Bertz CT molecular complexity index is 510. The van der Waals surface area contributed by atoms with E-state index in [1.807, 2.05) is 30.3 Å². The Kier molecular flexibility index (Phi) is 4.13. The molecule has 0 unspecified atom stereocenters. The maximum absolute atomic E-state index is 6.01. The first-order valence-electron chi connectivity index (χ1n) is 5.45. The molecule has 2 aromatic rings. The summed E-state index contributed by atoms with van der Waals surface area (Å²) in [4.78, 5) is 0. The molecule has 1 N–H and O–H groups in total. The third-order valence-corrected chi connectivity index (χ3v) is 3.68. The Morgan fingerprint density at radius 3 is 2.65 bits per heavy atom. The summed E-state index contributed by atoms with van der Waals surface area (Å²) in [7, 11) is 0. The van der Waals surface area contributed by atoms with Crippen molar-refractivity contribution >= 4 is 33.2 Å². The van der Waals surface area contributed by atoms with Crippen molar-refractivity contribution in [2.75, 3.05) is 5.32 Å². The highest BCUT2D eigenvalue weighted by molar-refractivity contribution is 9.10. The topological polar surface area (TPSA) is 25.2 Å². The van der Waals surface area contributed by atoms with Crippen LogP contribution in [0, 0.1) is 0 Å². The van der Waals surface area contributed by atoms with Gasteiger partial charge in [0.2, 0.25) is 0 Å². The van der Waals surface area contributed by atoms with Crippen LogP contribution in [0.2, 0.25) is 5.02 Å². The molecule has 0 bridgehead atoms. The van der Waals surface area contributed by atoms with Crippen LogP contribution >= 0.6 is 27.5 Å². The van der Waals surface area contributed by atoms with Gasteiger partial charge in [-0.05, 0) is 46.3 Å². The fourth-order valence-electron chi connectivity index (χ4n) is 1.50. The number of aryl methyl sites for hydroxylation is 1. The SMILES string of the molecule is CCc1ccc(CNc2ccc(Br)c(Cl)c2)o1. The lowest BCUT2D eigenvalue weighted by Crippen LogP contribution is -1.97. The highest BCUT2D eigenvalue weighted by Gasteiger charge is 2.02. The lowest BCUT2D eigenvalue weighted by Gasteiger charge is -2.05. The molecule has 1 heterocycles. The maximum Gasteiger partial charge on any atom is 0.123 e. The van der Waals surface area contributed by atoms with Gasteiger partial charge in [0.25, 0.3) is 0 Å². The first-order chi connectivity index (χ1) is 8.19. The molecule has 0 saturated carbocycles. The molecule has 0 atom stereocenters. The molecule has 1 aromatic heterocycles. The molecule has 2 rings (SSSR count). The van der Waals surface area contributed by atoms with Gasteiger partial charge in [0.05, 0.1) is 11.6 Å². The molecular weight excluding hydrogens is 302 g/mol. The van der Waals surface area contributed by atoms with E-state index in [4.69, 9.17) is 16.0 Å². The summed E-state index contributed by atoms with van der Waals surface area (Å²) in [6.07, 6.45) is 0.921. The second-order valence-electron chi connectivity index (χ2n) is 3.70. The standard InChI is InChI=1S/C13H13BrClNO/c1-2-10-4-5-11(17-10)8-16-9-3-6-12(14)13(15)7-9/h3-7,16H,2,8H2,1H3. The molecule has 0 radical (unpaired) electrons. The van der Waals surface area contributed by atoms with Gasteiger partial charge < -0.3 is 9.73 Å². The number of hydrogen-bond donors (Lipinski definition) is 1. The van der Waals surface area contributed by atoms with E-state index in [0.717, 1.165) is 28.1 Å². The number of hydrogen-bond acceptors (Lipinski definition) is 2. The predicted octanol–water partition coefficient (Wildman–Crippen LogP) is 4.87. The first-order valence-corrected chi connectivity index (χ1v) is 6.62. The van der Waals surface area contributed by atoms with Crippen LogP contribution in [-0.4, -0.2) is 0 Å². The molecule has 90 valence electrons. The molecule has 0 fully saturated rings. The van der Waals surface area contributed by atoms with Crippen LogP contribution in [0.5, 0.6) is 0 Å². The first kappa shape index (κ1) is 12.5. The average molecular weight is 315 g/mol. The molecule has 0 aliphatic rings. The Balaban J connectivity index is 1.99. The van der Waals surface area contributed by atoms with E-state index in [-0.39, 0.29) is 0 Å². The van der Waals surface area contributed by atoms with Crippen LogP contribution in [-0.2, 0) is 13.0 Å². The van der Waals surface area contributed by atoms with Crippen molar-refractivity contribution in [3.05, 3.63) is 51.3 Å². The molecule has 17 heavy (non-hydrogen) atoms. The van der Waals surface area contributed by atoms with E-state index >= 15 is 0 Å². The maximum atomic E-state index is 6.01. The number of benzene rings is 1. The summed E-state index contributed by atoms with van der Waals surface area (Å²) in [6.45, 7) is 2.74. The molecule has 0 saturated heterocycles. The smallest absolute Gasteiger partial charge is 0.123 e. The highest BCUT2D eigenvalue weighted by Crippen LogP contribution is 2.25. The Morgan fingerprint density at radius 1 is 1.24 bits per heavy atom. The zero-order valence-corrected chi connectivity index (χ0v) is 11.8. The van der Waals surface area contributed by atoms with E-state index in [9.17, 15) is 0 Å². The minimum atomic E-state index is 0.665. The monoisotopic (exact) mass is 313 g/mol. The quantitative estimate of drug-likeness (QED) is 0.871. The van der Waals surface area contributed by atoms with Gasteiger partial charge in [-0.15, -0.1) is 0 Å². The largest absolute Gasteiger partial charge is 0.464 e. The van der Waals surface area contributed by atoms with Crippen molar-refractivity contribution in [3.63, 3.8) is 0 Å². The summed E-state index contributed by atoms with van der Waals surface area (Å²) in [5.41, 5.74) is 0.979. The van der Waals surface area contributed by atoms with Crippen molar-refractivity contribution < 1.29 is 4.42 Å². The van der Waals surface area contributed by atoms with Crippen molar-refractivity contribution in [1.82, 2.24) is 0 Å². The van der Waals surface area contributed by atoms with E-state index in [1.54, 1.807) is 0 Å². The molecule has 0 aliphatic heterocycles. The summed E-state index contributed by atoms with van der Waals surface area (Å²) in [6, 6.07) is 9.77. The predicted molar refractivity (Wildman–Crippen MR) is 74.6 cm³/mol. The third kappa shape index (κ3) is 3.27. The molecule has 4 heteroatoms. The number of nitrogens with one attached hydrogen (secondary N) is 1. The number of anilines is 1. The summed E-state index contributed by atoms with van der Waals surface area (Å²) in [5, 5.41) is 3.97. The van der Waals surface area contributed by atoms with Gasteiger partial charge >= 0.3 is 0 Å². The number of rotatable bonds is 4. The van der Waals surface area contributed by atoms with Gasteiger partial charge in [-0.1, -0.05) is 18.5 Å². The van der Waals surface area contributed by atoms with Crippen molar-refractivity contribution in [2.45, 2.75) is 19.9 Å². The molecule has 0 spiro atoms. The molecule has 2 nitrogen and oxygen atoms in total. The van der Waals surface area contributed by atoms with Gasteiger partial charge in [0, 0.05) is 16.6 Å². The Morgan fingerprint density at radius 2 is 2.00 bits per heavy atom. The van der Waals surface area contributed by atoms with E-state index in [2.05, 4.69) is 28.2 Å². The minimum Gasteiger partial charge on any atom is -0.464 e. The fraction of sp³-hybridized carbons (Fsp3) is 0.231. The summed E-state index contributed by atoms with van der Waals surface area (Å²) < 4.78 is 6.50. The van der Waals surface area contributed by atoms with Gasteiger partial charge in [-0.2, -0.15) is 0 Å². The average Bonchev–Trinajstić information content (AvgIpc) is 2.79. The van der Waals surface area contributed by atoms with Crippen LogP contribution in [0.25, 0.3) is 0 Å². The fourth-order valence-corrected chi connectivity index (χ4v) is 1.93. The van der Waals surface area contributed by atoms with Crippen LogP contribution in [0.4, 0.5) is 5.69 Å². The number of halogens is 2. The normalized spacial score (nSPS) is 10.5. The van der Waals surface area contributed by atoms with E-state index in [1.165, 1.54) is 0 Å². The molecule has 1 aromatic carbocycles. The third-order valence-electron chi connectivity index (χ3n) is 2.45. The van der Waals surface area contributed by atoms with E-state index < -0.39 is 0 Å². The van der Waals surface area contributed by atoms with E-state index in [0.29, 0.717) is 11.6 Å². The minimum absolute atomic E-state index is 0.665. The second kappa shape index (κ2) is 5.61. The second-order valence-corrected chi connectivity index (χ2v) is 4.97. The lowest BCUT2D eigenvalue weighted by atomic mass is 10.3. The van der Waals surface area contributed by atoms with Crippen molar-refractivity contribution in [3.8, 4) is 0 Å². The van der Waals surface area contributed by atoms with Gasteiger partial charge in [-0.25, -0.2) is 0 Å². The Hall–Kier alpha value is -0.930. The molecule has 0 amide bonds. The summed E-state index contributed by atoms with van der Waals surface area (Å²) in [5.74, 6) is 1.94. The van der Waals surface area contributed by atoms with Crippen molar-refractivity contribution in [1.29, 1.82) is 0 Å². The highest BCUT2D eigenvalue weighted by atomic mass is 79.9. The van der Waals surface area contributed by atoms with Gasteiger partial charge in [0.1, 0.15) is 11.5 Å².